The van der Waals surface area contributed by atoms with E-state index in [1.807, 2.05) is 13.8 Å². The molecule has 1 aliphatic heterocycles. The third-order valence-electron chi connectivity index (χ3n) is 5.35. The summed E-state index contributed by atoms with van der Waals surface area (Å²) in [6.45, 7) is 3.78. The number of nitrogens with one attached hydrogen (secondary N) is 1. The van der Waals surface area contributed by atoms with Crippen LogP contribution in [0.25, 0.3) is 22.1 Å². The minimum absolute atomic E-state index is 0.0104. The maximum atomic E-state index is 14.1. The van der Waals surface area contributed by atoms with E-state index in [2.05, 4.69) is 0 Å². The van der Waals surface area contributed by atoms with Crippen molar-refractivity contribution in [3.05, 3.63) is 51.4 Å². The predicted octanol–water partition coefficient (Wildman–Crippen LogP) is 3.68. The number of hydrogen-bond donors (Lipinski definition) is 2. The van der Waals surface area contributed by atoms with Gasteiger partial charge in [0.1, 0.15) is 12.3 Å². The lowest BCUT2D eigenvalue weighted by atomic mass is 9.94. The van der Waals surface area contributed by atoms with E-state index in [9.17, 15) is 23.1 Å². The van der Waals surface area contributed by atoms with E-state index in [1.54, 1.807) is 14.1 Å². The highest BCUT2D eigenvalue weighted by atomic mass is 19.4. The zero-order valence-electron chi connectivity index (χ0n) is 18.0. The van der Waals surface area contributed by atoms with Crippen molar-refractivity contribution in [2.75, 3.05) is 20.9 Å². The van der Waals surface area contributed by atoms with Crippen molar-refractivity contribution in [2.45, 2.75) is 32.5 Å². The first-order valence-electron chi connectivity index (χ1n) is 10.1. The molecule has 1 aromatic heterocycles. The van der Waals surface area contributed by atoms with E-state index >= 15 is 0 Å². The Bertz CT molecular complexity index is 1260. The molecule has 0 saturated carbocycles. The van der Waals surface area contributed by atoms with Gasteiger partial charge in [-0.15, -0.1) is 0 Å². The van der Waals surface area contributed by atoms with Crippen LogP contribution < -0.4 is 19.8 Å². The number of phenols is 1. The molecular weight excluding hydrogens is 427 g/mol. The van der Waals surface area contributed by atoms with Gasteiger partial charge in [0.15, 0.2) is 17.1 Å². The van der Waals surface area contributed by atoms with E-state index in [1.165, 1.54) is 24.3 Å². The maximum absolute atomic E-state index is 14.1. The Balaban J connectivity index is 2.12. The molecule has 0 amide bonds. The second-order valence-corrected chi connectivity index (χ2v) is 8.41. The fourth-order valence-corrected chi connectivity index (χ4v) is 3.88. The van der Waals surface area contributed by atoms with Crippen molar-refractivity contribution < 1.29 is 37.1 Å². The van der Waals surface area contributed by atoms with Crippen LogP contribution in [0, 0.1) is 0 Å². The Morgan fingerprint density at radius 3 is 2.44 bits per heavy atom. The molecule has 0 saturated heterocycles. The summed E-state index contributed by atoms with van der Waals surface area (Å²) in [4.78, 5) is 14.3. The number of alkyl halides is 3. The van der Waals surface area contributed by atoms with E-state index < -0.39 is 22.9 Å². The SMILES string of the molecule is CC(C)c1cc2c(=O)c(-c3ccc4c(c3)OCO4)c(C(F)(F)F)oc2c(C[NH+](C)C)c1O. The quantitative estimate of drug-likeness (QED) is 0.635. The van der Waals surface area contributed by atoms with Crippen LogP contribution in [0.2, 0.25) is 0 Å². The molecule has 1 aliphatic rings. The molecule has 0 radical (unpaired) electrons. The van der Waals surface area contributed by atoms with Gasteiger partial charge in [0.25, 0.3) is 0 Å². The Labute approximate surface area is 181 Å². The number of ether oxygens (including phenoxy) is 2. The van der Waals surface area contributed by atoms with E-state index in [-0.39, 0.29) is 52.9 Å². The third kappa shape index (κ3) is 3.66. The van der Waals surface area contributed by atoms with Gasteiger partial charge in [0, 0.05) is 0 Å². The molecule has 170 valence electrons. The topological polar surface area (TPSA) is 73.3 Å². The van der Waals surface area contributed by atoms with Crippen LogP contribution in [0.15, 0.2) is 33.5 Å². The Morgan fingerprint density at radius 2 is 1.81 bits per heavy atom. The van der Waals surface area contributed by atoms with Crippen molar-refractivity contribution >= 4 is 11.0 Å². The highest BCUT2D eigenvalue weighted by molar-refractivity contribution is 5.88. The van der Waals surface area contributed by atoms with Crippen molar-refractivity contribution in [3.63, 3.8) is 0 Å². The summed E-state index contributed by atoms with van der Waals surface area (Å²) in [6.07, 6.45) is -4.94. The van der Waals surface area contributed by atoms with Crippen LogP contribution >= 0.6 is 0 Å². The van der Waals surface area contributed by atoms with Crippen LogP contribution in [0.5, 0.6) is 17.2 Å². The number of rotatable bonds is 4. The molecule has 9 heteroatoms. The molecule has 4 rings (SSSR count). The number of hydrogen-bond acceptors (Lipinski definition) is 5. The van der Waals surface area contributed by atoms with Crippen molar-refractivity contribution in [1.82, 2.24) is 0 Å². The average Bonchev–Trinajstić information content (AvgIpc) is 3.16. The molecular formula is C23H23F3NO5+. The summed E-state index contributed by atoms with van der Waals surface area (Å²) in [7, 11) is 3.58. The molecule has 6 nitrogen and oxygen atoms in total. The van der Waals surface area contributed by atoms with Crippen LogP contribution in [0.4, 0.5) is 13.2 Å². The van der Waals surface area contributed by atoms with E-state index in [4.69, 9.17) is 13.9 Å². The van der Waals surface area contributed by atoms with Gasteiger partial charge in [-0.1, -0.05) is 19.9 Å². The van der Waals surface area contributed by atoms with Crippen LogP contribution in [0.3, 0.4) is 0 Å². The van der Waals surface area contributed by atoms with Gasteiger partial charge in [0.05, 0.1) is 30.6 Å². The van der Waals surface area contributed by atoms with Gasteiger partial charge in [-0.05, 0) is 35.2 Å². The van der Waals surface area contributed by atoms with Gasteiger partial charge in [-0.25, -0.2) is 0 Å². The minimum Gasteiger partial charge on any atom is -0.507 e. The van der Waals surface area contributed by atoms with Crippen LogP contribution in [-0.2, 0) is 12.7 Å². The molecule has 3 aromatic rings. The smallest absolute Gasteiger partial charge is 0.450 e. The molecule has 2 aromatic carbocycles. The van der Waals surface area contributed by atoms with Gasteiger partial charge in [0.2, 0.25) is 18.0 Å². The van der Waals surface area contributed by atoms with Crippen molar-refractivity contribution in [1.29, 1.82) is 0 Å². The van der Waals surface area contributed by atoms with Gasteiger partial charge in [-0.2, -0.15) is 13.2 Å². The molecule has 2 N–H and O–H groups in total. The van der Waals surface area contributed by atoms with E-state index in [0.29, 0.717) is 11.3 Å². The van der Waals surface area contributed by atoms with Gasteiger partial charge < -0.3 is 23.9 Å². The normalized spacial score (nSPS) is 13.5. The van der Waals surface area contributed by atoms with E-state index in [0.717, 1.165) is 4.90 Å². The predicted molar refractivity (Wildman–Crippen MR) is 111 cm³/mol. The summed E-state index contributed by atoms with van der Waals surface area (Å²) in [5, 5.41) is 10.8. The molecule has 32 heavy (non-hydrogen) atoms. The lowest BCUT2D eigenvalue weighted by Crippen LogP contribution is -3.04. The molecule has 0 atom stereocenters. The number of halogens is 3. The van der Waals surface area contributed by atoms with Gasteiger partial charge in [-0.3, -0.25) is 4.79 Å². The lowest BCUT2D eigenvalue weighted by Gasteiger charge is -2.19. The summed E-state index contributed by atoms with van der Waals surface area (Å²) < 4.78 is 58.1. The van der Waals surface area contributed by atoms with Crippen LogP contribution in [0.1, 0.15) is 36.7 Å². The number of phenolic OH excluding ortho intramolecular Hbond substituents is 1. The highest BCUT2D eigenvalue weighted by Gasteiger charge is 2.40. The molecule has 0 unspecified atom stereocenters. The molecule has 2 heterocycles. The average molecular weight is 450 g/mol. The molecule has 0 aliphatic carbocycles. The largest absolute Gasteiger partial charge is 0.507 e. The maximum Gasteiger partial charge on any atom is 0.450 e. The second-order valence-electron chi connectivity index (χ2n) is 8.41. The molecule has 0 fully saturated rings. The van der Waals surface area contributed by atoms with Gasteiger partial charge >= 0.3 is 6.18 Å². The standard InChI is InChI=1S/C23H22F3NO5/c1-11(2)13-8-14-20(29)18(12-5-6-16-17(7-12)31-10-30-16)22(23(24,25)26)32-21(14)15(19(13)28)9-27(3)4/h5-8,11,28H,9-10H2,1-4H3/p+1. The summed E-state index contributed by atoms with van der Waals surface area (Å²) >= 11 is 0. The zero-order valence-corrected chi connectivity index (χ0v) is 18.0. The van der Waals surface area contributed by atoms with Crippen LogP contribution in [-0.4, -0.2) is 26.0 Å². The highest BCUT2D eigenvalue weighted by Crippen LogP contribution is 2.43. The Morgan fingerprint density at radius 1 is 1.12 bits per heavy atom. The lowest BCUT2D eigenvalue weighted by molar-refractivity contribution is -0.872. The first-order valence-corrected chi connectivity index (χ1v) is 10.1. The second kappa shape index (κ2) is 7.74. The fraction of sp³-hybridized carbons (Fsp3) is 0.348. The summed E-state index contributed by atoms with van der Waals surface area (Å²) in [6, 6.07) is 5.59. The summed E-state index contributed by atoms with van der Waals surface area (Å²) in [5.74, 6) is -1.09. The Hall–Kier alpha value is -3.20. The first-order chi connectivity index (χ1) is 15.0. The van der Waals surface area contributed by atoms with Crippen molar-refractivity contribution in [3.8, 4) is 28.4 Å². The minimum atomic E-state index is -4.94. The monoisotopic (exact) mass is 450 g/mol. The number of benzene rings is 2. The first kappa shape index (κ1) is 22.0. The molecule has 0 bridgehead atoms. The number of aromatic hydroxyl groups is 1. The summed E-state index contributed by atoms with van der Waals surface area (Å²) in [5.41, 5.74) is -1.03. The Kier molecular flexibility index (Phi) is 5.32. The third-order valence-corrected chi connectivity index (χ3v) is 5.35. The zero-order chi connectivity index (χ0) is 23.4. The fourth-order valence-electron chi connectivity index (χ4n) is 3.88. The number of fused-ring (bicyclic) bond motifs is 2. The number of quaternary nitrogens is 1. The van der Waals surface area contributed by atoms with Crippen molar-refractivity contribution in [2.24, 2.45) is 0 Å². The molecule has 0 spiro atoms.